The average molecular weight is 386 g/mol. The molecular weight excluding hydrogens is 364 g/mol. The Kier molecular flexibility index (Phi) is 4.66. The zero-order chi connectivity index (χ0) is 19.6. The van der Waals surface area contributed by atoms with Gasteiger partial charge in [0.25, 0.3) is 5.91 Å². The van der Waals surface area contributed by atoms with Gasteiger partial charge >= 0.3 is 0 Å². The normalized spacial score (nSPS) is 21.1. The summed E-state index contributed by atoms with van der Waals surface area (Å²) in [5, 5.41) is 2.92. The minimum absolute atomic E-state index is 0.0191. The number of nitrogens with zero attached hydrogens (tertiary/aromatic N) is 1. The van der Waals surface area contributed by atoms with Crippen LogP contribution in [0, 0.1) is 0 Å². The minimum atomic E-state index is -0.126. The first-order valence-corrected chi connectivity index (χ1v) is 9.84. The highest BCUT2D eigenvalue weighted by atomic mass is 16.5. The van der Waals surface area contributed by atoms with Gasteiger partial charge in [-0.15, -0.1) is 0 Å². The predicted octanol–water partition coefficient (Wildman–Crippen LogP) is 4.34. The predicted molar refractivity (Wildman–Crippen MR) is 112 cm³/mol. The molecule has 3 aromatic rings. The molecule has 3 aromatic carbocycles. The standard InChI is InChI=1S/C24H22N2O3/c27-22-16-29-21-12-11-19(15-20(21)25-22)26-13-14-28-24(18-9-5-2-6-10-18)23(26)17-7-3-1-4-8-17/h1-12,15,23-24H,13-14,16H2,(H,25,27). The van der Waals surface area contributed by atoms with Gasteiger partial charge in [0.05, 0.1) is 18.3 Å². The highest BCUT2D eigenvalue weighted by Gasteiger charge is 2.35. The number of hydrogen-bond donors (Lipinski definition) is 1. The maximum absolute atomic E-state index is 11.8. The summed E-state index contributed by atoms with van der Waals surface area (Å²) < 4.78 is 11.8. The van der Waals surface area contributed by atoms with Gasteiger partial charge in [-0.25, -0.2) is 0 Å². The second kappa shape index (κ2) is 7.60. The molecular formula is C24H22N2O3. The summed E-state index contributed by atoms with van der Waals surface area (Å²) in [5.74, 6) is 0.580. The van der Waals surface area contributed by atoms with Crippen molar-refractivity contribution in [3.63, 3.8) is 0 Å². The number of rotatable bonds is 3. The molecule has 5 heteroatoms. The second-order valence-corrected chi connectivity index (χ2v) is 7.27. The highest BCUT2D eigenvalue weighted by molar-refractivity contribution is 5.96. The number of nitrogens with one attached hydrogen (secondary N) is 1. The molecule has 146 valence electrons. The van der Waals surface area contributed by atoms with E-state index in [1.165, 1.54) is 5.56 Å². The van der Waals surface area contributed by atoms with E-state index in [1.807, 2.05) is 36.4 Å². The van der Waals surface area contributed by atoms with Crippen LogP contribution in [0.5, 0.6) is 5.75 Å². The van der Waals surface area contributed by atoms with Crippen LogP contribution in [0.3, 0.4) is 0 Å². The molecule has 5 rings (SSSR count). The first kappa shape index (κ1) is 17.8. The topological polar surface area (TPSA) is 50.8 Å². The zero-order valence-electron chi connectivity index (χ0n) is 16.0. The molecule has 29 heavy (non-hydrogen) atoms. The molecule has 5 nitrogen and oxygen atoms in total. The summed E-state index contributed by atoms with van der Waals surface area (Å²) in [4.78, 5) is 14.1. The van der Waals surface area contributed by atoms with Crippen molar-refractivity contribution >= 4 is 17.3 Å². The van der Waals surface area contributed by atoms with Gasteiger partial charge in [-0.05, 0) is 29.3 Å². The van der Waals surface area contributed by atoms with Crippen molar-refractivity contribution < 1.29 is 14.3 Å². The van der Waals surface area contributed by atoms with Crippen LogP contribution in [0.4, 0.5) is 11.4 Å². The van der Waals surface area contributed by atoms with Crippen molar-refractivity contribution in [2.24, 2.45) is 0 Å². The van der Waals surface area contributed by atoms with Gasteiger partial charge < -0.3 is 19.7 Å². The molecule has 0 radical (unpaired) electrons. The van der Waals surface area contributed by atoms with Crippen molar-refractivity contribution in [2.45, 2.75) is 12.1 Å². The van der Waals surface area contributed by atoms with Gasteiger partial charge in [0.1, 0.15) is 11.9 Å². The second-order valence-electron chi connectivity index (χ2n) is 7.27. The quantitative estimate of drug-likeness (QED) is 0.728. The van der Waals surface area contributed by atoms with Crippen LogP contribution in [0.15, 0.2) is 78.9 Å². The third-order valence-corrected chi connectivity index (χ3v) is 5.45. The Morgan fingerprint density at radius 3 is 2.38 bits per heavy atom. The molecule has 1 fully saturated rings. The zero-order valence-corrected chi connectivity index (χ0v) is 16.0. The Labute approximate surface area is 169 Å². The van der Waals surface area contributed by atoms with E-state index in [0.29, 0.717) is 18.0 Å². The van der Waals surface area contributed by atoms with E-state index in [9.17, 15) is 4.79 Å². The molecule has 0 aliphatic carbocycles. The van der Waals surface area contributed by atoms with Crippen LogP contribution in [0.25, 0.3) is 0 Å². The van der Waals surface area contributed by atoms with E-state index in [4.69, 9.17) is 9.47 Å². The number of fused-ring (bicyclic) bond motifs is 1. The van der Waals surface area contributed by atoms with Crippen molar-refractivity contribution in [3.05, 3.63) is 90.0 Å². The Morgan fingerprint density at radius 1 is 0.897 bits per heavy atom. The van der Waals surface area contributed by atoms with Gasteiger partial charge in [0, 0.05) is 12.2 Å². The first-order valence-electron chi connectivity index (χ1n) is 9.84. The molecule has 1 N–H and O–H groups in total. The lowest BCUT2D eigenvalue weighted by molar-refractivity contribution is -0.118. The fraction of sp³-hybridized carbons (Fsp3) is 0.208. The van der Waals surface area contributed by atoms with Gasteiger partial charge in [-0.2, -0.15) is 0 Å². The van der Waals surface area contributed by atoms with Crippen molar-refractivity contribution in [3.8, 4) is 5.75 Å². The number of benzene rings is 3. The fourth-order valence-electron chi connectivity index (χ4n) is 4.14. The van der Waals surface area contributed by atoms with E-state index < -0.39 is 0 Å². The SMILES string of the molecule is O=C1COc2ccc(N3CCOC(c4ccccc4)C3c3ccccc3)cc2N1. The molecule has 2 unspecified atom stereocenters. The van der Waals surface area contributed by atoms with Crippen LogP contribution >= 0.6 is 0 Å². The Bertz CT molecular complexity index is 1010. The molecule has 2 heterocycles. The van der Waals surface area contributed by atoms with Crippen molar-refractivity contribution in [1.29, 1.82) is 0 Å². The number of morpholine rings is 1. The lowest BCUT2D eigenvalue weighted by atomic mass is 9.92. The third kappa shape index (κ3) is 3.45. The third-order valence-electron chi connectivity index (χ3n) is 5.45. The molecule has 0 saturated carbocycles. The summed E-state index contributed by atoms with van der Waals surface area (Å²) in [6, 6.07) is 26.8. The van der Waals surface area contributed by atoms with Crippen molar-refractivity contribution in [1.82, 2.24) is 0 Å². The van der Waals surface area contributed by atoms with Crippen LogP contribution in [0.1, 0.15) is 23.3 Å². The van der Waals surface area contributed by atoms with E-state index >= 15 is 0 Å². The summed E-state index contributed by atoms with van der Waals surface area (Å²) in [5.41, 5.74) is 4.10. The average Bonchev–Trinajstić information content (AvgIpc) is 2.79. The molecule has 1 saturated heterocycles. The van der Waals surface area contributed by atoms with E-state index in [2.05, 4.69) is 52.7 Å². The van der Waals surface area contributed by atoms with Gasteiger partial charge in [-0.3, -0.25) is 4.79 Å². The van der Waals surface area contributed by atoms with Gasteiger partial charge in [0.15, 0.2) is 6.61 Å². The van der Waals surface area contributed by atoms with Gasteiger partial charge in [-0.1, -0.05) is 60.7 Å². The van der Waals surface area contributed by atoms with E-state index in [1.54, 1.807) is 0 Å². The Morgan fingerprint density at radius 2 is 1.62 bits per heavy atom. The van der Waals surface area contributed by atoms with Crippen LogP contribution < -0.4 is 15.0 Å². The first-order chi connectivity index (χ1) is 14.3. The van der Waals surface area contributed by atoms with Crippen molar-refractivity contribution in [2.75, 3.05) is 30.0 Å². The Balaban J connectivity index is 1.57. The van der Waals surface area contributed by atoms with E-state index in [0.717, 1.165) is 17.8 Å². The number of carbonyl (C=O) groups excluding carboxylic acids is 1. The monoisotopic (exact) mass is 386 g/mol. The smallest absolute Gasteiger partial charge is 0.262 e. The summed E-state index contributed by atoms with van der Waals surface area (Å²) >= 11 is 0. The van der Waals surface area contributed by atoms with Crippen LogP contribution in [-0.2, 0) is 9.53 Å². The summed E-state index contributed by atoms with van der Waals surface area (Å²) in [6.45, 7) is 1.45. The molecule has 0 aromatic heterocycles. The number of ether oxygens (including phenoxy) is 2. The molecule has 2 aliphatic rings. The maximum Gasteiger partial charge on any atom is 0.262 e. The van der Waals surface area contributed by atoms with E-state index in [-0.39, 0.29) is 24.7 Å². The molecule has 0 spiro atoms. The molecule has 2 atom stereocenters. The largest absolute Gasteiger partial charge is 0.482 e. The van der Waals surface area contributed by atoms with Crippen LogP contribution in [0.2, 0.25) is 0 Å². The number of amides is 1. The molecule has 2 aliphatic heterocycles. The summed E-state index contributed by atoms with van der Waals surface area (Å²) in [7, 11) is 0. The number of carbonyl (C=O) groups is 1. The molecule has 1 amide bonds. The van der Waals surface area contributed by atoms with Gasteiger partial charge in [0.2, 0.25) is 0 Å². The lowest BCUT2D eigenvalue weighted by Crippen LogP contribution is -2.41. The fourth-order valence-corrected chi connectivity index (χ4v) is 4.14. The number of hydrogen-bond acceptors (Lipinski definition) is 4. The minimum Gasteiger partial charge on any atom is -0.482 e. The van der Waals surface area contributed by atoms with Crippen LogP contribution in [-0.4, -0.2) is 25.7 Å². The summed E-state index contributed by atoms with van der Waals surface area (Å²) in [6.07, 6.45) is -0.0887. The lowest BCUT2D eigenvalue weighted by Gasteiger charge is -2.43. The maximum atomic E-state index is 11.8. The molecule has 0 bridgehead atoms. The Hall–Kier alpha value is -3.31. The highest BCUT2D eigenvalue weighted by Crippen LogP contribution is 2.43. The number of anilines is 2.